The largest absolute Gasteiger partial charge is 0.465 e. The van der Waals surface area contributed by atoms with Crippen molar-refractivity contribution in [1.82, 2.24) is 19.1 Å². The molecule has 0 atom stereocenters. The Hall–Kier alpha value is -2.83. The Balaban J connectivity index is 2.16. The lowest BCUT2D eigenvalue weighted by atomic mass is 10.4. The summed E-state index contributed by atoms with van der Waals surface area (Å²) in [7, 11) is 0. The number of imidazole rings is 1. The summed E-state index contributed by atoms with van der Waals surface area (Å²) in [6.07, 6.45) is 6.56. The third-order valence-corrected chi connectivity index (χ3v) is 3.72. The van der Waals surface area contributed by atoms with Crippen LogP contribution in [-0.4, -0.2) is 19.1 Å². The summed E-state index contributed by atoms with van der Waals surface area (Å²) < 4.78 is 8.07. The van der Waals surface area contributed by atoms with Crippen LogP contribution in [0.3, 0.4) is 0 Å². The molecule has 126 valence electrons. The van der Waals surface area contributed by atoms with Crippen molar-refractivity contribution in [3.63, 3.8) is 0 Å². The van der Waals surface area contributed by atoms with Crippen molar-refractivity contribution in [2.45, 2.75) is 39.8 Å². The van der Waals surface area contributed by atoms with Gasteiger partial charge in [-0.25, -0.2) is 9.78 Å². The second-order valence-electron chi connectivity index (χ2n) is 5.56. The zero-order valence-electron chi connectivity index (χ0n) is 13.8. The van der Waals surface area contributed by atoms with E-state index in [9.17, 15) is 9.59 Å². The molecule has 0 aromatic carbocycles. The average molecular weight is 328 g/mol. The molecular formula is C17H20N4O3. The SMILES string of the molecule is CCCn1c(=O)c2[nH]c(C=Cc3ccco3)nc2n(CCC)c1=O. The molecule has 0 radical (unpaired) electrons. The van der Waals surface area contributed by atoms with Gasteiger partial charge in [0.1, 0.15) is 17.1 Å². The van der Waals surface area contributed by atoms with Gasteiger partial charge in [-0.2, -0.15) is 0 Å². The molecule has 3 aromatic heterocycles. The number of aromatic nitrogens is 4. The summed E-state index contributed by atoms with van der Waals surface area (Å²) in [5.74, 6) is 1.20. The van der Waals surface area contributed by atoms with E-state index in [-0.39, 0.29) is 11.2 Å². The van der Waals surface area contributed by atoms with Gasteiger partial charge >= 0.3 is 5.69 Å². The molecule has 3 heterocycles. The Morgan fingerprint density at radius 3 is 2.58 bits per heavy atom. The first-order chi connectivity index (χ1) is 11.7. The highest BCUT2D eigenvalue weighted by Gasteiger charge is 2.15. The van der Waals surface area contributed by atoms with Gasteiger partial charge in [-0.15, -0.1) is 0 Å². The summed E-state index contributed by atoms with van der Waals surface area (Å²) in [5, 5.41) is 0. The summed E-state index contributed by atoms with van der Waals surface area (Å²) in [4.78, 5) is 32.6. The fraction of sp³-hybridized carbons (Fsp3) is 0.353. The lowest BCUT2D eigenvalue weighted by molar-refractivity contribution is 0.555. The average Bonchev–Trinajstić information content (AvgIpc) is 3.23. The molecule has 0 aliphatic carbocycles. The normalized spacial score (nSPS) is 11.8. The van der Waals surface area contributed by atoms with Crippen molar-refractivity contribution >= 4 is 23.3 Å². The maximum absolute atomic E-state index is 12.6. The minimum Gasteiger partial charge on any atom is -0.465 e. The van der Waals surface area contributed by atoms with Gasteiger partial charge in [0.05, 0.1) is 6.26 Å². The molecule has 3 rings (SSSR count). The molecule has 24 heavy (non-hydrogen) atoms. The lowest BCUT2D eigenvalue weighted by Crippen LogP contribution is -2.40. The minimum absolute atomic E-state index is 0.302. The lowest BCUT2D eigenvalue weighted by Gasteiger charge is -2.09. The molecule has 0 spiro atoms. The molecule has 0 aliphatic rings. The number of hydrogen-bond donors (Lipinski definition) is 1. The van der Waals surface area contributed by atoms with Crippen LogP contribution >= 0.6 is 0 Å². The molecule has 1 N–H and O–H groups in total. The van der Waals surface area contributed by atoms with Crippen LogP contribution in [0.25, 0.3) is 23.3 Å². The van der Waals surface area contributed by atoms with Crippen LogP contribution in [0, 0.1) is 0 Å². The van der Waals surface area contributed by atoms with Crippen LogP contribution in [0.1, 0.15) is 38.3 Å². The minimum atomic E-state index is -0.325. The van der Waals surface area contributed by atoms with Gasteiger partial charge in [0.15, 0.2) is 5.65 Å². The van der Waals surface area contributed by atoms with Crippen LogP contribution < -0.4 is 11.2 Å². The maximum Gasteiger partial charge on any atom is 0.332 e. The quantitative estimate of drug-likeness (QED) is 0.753. The van der Waals surface area contributed by atoms with E-state index in [4.69, 9.17) is 4.42 Å². The standard InChI is InChI=1S/C17H20N4O3/c1-3-9-20-15-14(16(22)21(10-4-2)17(20)23)18-13(19-15)8-7-12-6-5-11-24-12/h5-8,11H,3-4,9-10H2,1-2H3,(H,18,19). The molecule has 0 saturated heterocycles. The number of aryl methyl sites for hydroxylation is 1. The number of fused-ring (bicyclic) bond motifs is 1. The van der Waals surface area contributed by atoms with Crippen LogP contribution in [0.4, 0.5) is 0 Å². The van der Waals surface area contributed by atoms with Crippen molar-refractivity contribution in [3.05, 3.63) is 50.8 Å². The number of aromatic amines is 1. The molecule has 0 aliphatic heterocycles. The van der Waals surface area contributed by atoms with Crippen molar-refractivity contribution in [2.75, 3.05) is 0 Å². The van der Waals surface area contributed by atoms with E-state index in [1.54, 1.807) is 29.0 Å². The van der Waals surface area contributed by atoms with Crippen LogP contribution in [-0.2, 0) is 13.1 Å². The van der Waals surface area contributed by atoms with E-state index in [2.05, 4.69) is 9.97 Å². The first-order valence-corrected chi connectivity index (χ1v) is 8.10. The number of nitrogens with one attached hydrogen (secondary N) is 1. The zero-order chi connectivity index (χ0) is 17.1. The molecule has 0 bridgehead atoms. The van der Waals surface area contributed by atoms with Gasteiger partial charge in [0.25, 0.3) is 5.56 Å². The zero-order valence-corrected chi connectivity index (χ0v) is 13.8. The van der Waals surface area contributed by atoms with Gasteiger partial charge in [0.2, 0.25) is 0 Å². The highest BCUT2D eigenvalue weighted by Crippen LogP contribution is 2.10. The van der Waals surface area contributed by atoms with Crippen molar-refractivity contribution in [1.29, 1.82) is 0 Å². The predicted octanol–water partition coefficient (Wildman–Crippen LogP) is 2.47. The van der Waals surface area contributed by atoms with Gasteiger partial charge in [-0.1, -0.05) is 13.8 Å². The van der Waals surface area contributed by atoms with E-state index in [0.29, 0.717) is 42.3 Å². The molecule has 0 saturated carbocycles. The number of H-pyrrole nitrogens is 1. The maximum atomic E-state index is 12.6. The Morgan fingerprint density at radius 2 is 1.92 bits per heavy atom. The highest BCUT2D eigenvalue weighted by atomic mass is 16.3. The van der Waals surface area contributed by atoms with Crippen molar-refractivity contribution in [3.8, 4) is 0 Å². The Bertz CT molecular complexity index is 974. The first-order valence-electron chi connectivity index (χ1n) is 8.10. The van der Waals surface area contributed by atoms with Crippen LogP contribution in [0.2, 0.25) is 0 Å². The number of hydrogen-bond acceptors (Lipinski definition) is 4. The van der Waals surface area contributed by atoms with Crippen LogP contribution in [0.15, 0.2) is 32.4 Å². The van der Waals surface area contributed by atoms with E-state index in [1.807, 2.05) is 19.9 Å². The number of furan rings is 1. The van der Waals surface area contributed by atoms with Crippen molar-refractivity contribution < 1.29 is 4.42 Å². The molecule has 0 fully saturated rings. The Kier molecular flexibility index (Phi) is 4.50. The molecule has 0 amide bonds. The second kappa shape index (κ2) is 6.74. The highest BCUT2D eigenvalue weighted by molar-refractivity contribution is 5.74. The summed E-state index contributed by atoms with van der Waals surface area (Å²) in [6, 6.07) is 3.61. The van der Waals surface area contributed by atoms with E-state index in [0.717, 1.165) is 6.42 Å². The molecule has 3 aromatic rings. The summed E-state index contributed by atoms with van der Waals surface area (Å²) >= 11 is 0. The molecule has 0 unspecified atom stereocenters. The summed E-state index contributed by atoms with van der Waals surface area (Å²) in [6.45, 7) is 4.84. The smallest absolute Gasteiger partial charge is 0.332 e. The molecule has 7 heteroatoms. The first kappa shape index (κ1) is 16.0. The summed E-state index contributed by atoms with van der Waals surface area (Å²) in [5.41, 5.74) is 0.132. The van der Waals surface area contributed by atoms with E-state index >= 15 is 0 Å². The Labute approximate surface area is 138 Å². The Morgan fingerprint density at radius 1 is 1.17 bits per heavy atom. The molecule has 7 nitrogen and oxygen atoms in total. The predicted molar refractivity (Wildman–Crippen MR) is 92.8 cm³/mol. The third kappa shape index (κ3) is 2.84. The third-order valence-electron chi connectivity index (χ3n) is 3.72. The van der Waals surface area contributed by atoms with Gasteiger partial charge < -0.3 is 9.40 Å². The van der Waals surface area contributed by atoms with Gasteiger partial charge in [-0.3, -0.25) is 13.9 Å². The molecular weight excluding hydrogens is 308 g/mol. The van der Waals surface area contributed by atoms with E-state index in [1.165, 1.54) is 4.57 Å². The number of nitrogens with zero attached hydrogens (tertiary/aromatic N) is 3. The number of rotatable bonds is 6. The van der Waals surface area contributed by atoms with Gasteiger partial charge in [0, 0.05) is 13.1 Å². The van der Waals surface area contributed by atoms with Gasteiger partial charge in [-0.05, 0) is 37.1 Å². The van der Waals surface area contributed by atoms with E-state index < -0.39 is 0 Å². The fourth-order valence-electron chi connectivity index (χ4n) is 2.66. The second-order valence-corrected chi connectivity index (χ2v) is 5.56. The topological polar surface area (TPSA) is 85.8 Å². The fourth-order valence-corrected chi connectivity index (χ4v) is 2.66. The van der Waals surface area contributed by atoms with Crippen molar-refractivity contribution in [2.24, 2.45) is 0 Å². The monoisotopic (exact) mass is 328 g/mol. The van der Waals surface area contributed by atoms with Crippen LogP contribution in [0.5, 0.6) is 0 Å².